The van der Waals surface area contributed by atoms with Crippen molar-refractivity contribution in [3.63, 3.8) is 0 Å². The first-order valence-corrected chi connectivity index (χ1v) is 12.2. The maximum Gasteiger partial charge on any atom is 0.201 e. The average Bonchev–Trinajstić information content (AvgIpc) is 2.65. The molecule has 0 heterocycles. The molecule has 2 rings (SSSR count). The molecule has 1 unspecified atom stereocenters. The summed E-state index contributed by atoms with van der Waals surface area (Å²) in [4.78, 5) is 13.0. The Balaban J connectivity index is 2.39. The minimum atomic E-state index is -2.09. The topological polar surface area (TPSA) is 26.3 Å². The van der Waals surface area contributed by atoms with Crippen LogP contribution in [0.25, 0.3) is 0 Å². The first kappa shape index (κ1) is 21.6. The zero-order chi connectivity index (χ0) is 20.0. The van der Waals surface area contributed by atoms with E-state index in [-0.39, 0.29) is 11.9 Å². The third-order valence-electron chi connectivity index (χ3n) is 5.69. The summed E-state index contributed by atoms with van der Waals surface area (Å²) in [7, 11) is -2.09. The van der Waals surface area contributed by atoms with Crippen LogP contribution >= 0.6 is 0 Å². The second-order valence-corrected chi connectivity index (χ2v) is 13.7. The fourth-order valence-electron chi connectivity index (χ4n) is 4.46. The van der Waals surface area contributed by atoms with Gasteiger partial charge in [-0.15, -0.1) is 0 Å². The molecule has 0 fully saturated rings. The number of Topliss-reactive ketones (excluding diaryl/α,β-unsaturated/α-hetero) is 1. The molecule has 0 N–H and O–H groups in total. The van der Waals surface area contributed by atoms with Gasteiger partial charge in [0.1, 0.15) is 0 Å². The summed E-state index contributed by atoms with van der Waals surface area (Å²) in [6.45, 7) is 13.7. The van der Waals surface area contributed by atoms with Crippen molar-refractivity contribution in [3.05, 3.63) is 71.8 Å². The summed E-state index contributed by atoms with van der Waals surface area (Å²) >= 11 is 0. The Morgan fingerprint density at radius 1 is 0.778 bits per heavy atom. The van der Waals surface area contributed by atoms with Gasteiger partial charge in [0, 0.05) is 12.0 Å². The Morgan fingerprint density at radius 3 is 1.67 bits per heavy atom. The van der Waals surface area contributed by atoms with Crippen molar-refractivity contribution in [1.29, 1.82) is 0 Å². The van der Waals surface area contributed by atoms with E-state index in [1.807, 2.05) is 48.5 Å². The number of hydrogen-bond donors (Lipinski definition) is 0. The van der Waals surface area contributed by atoms with E-state index in [2.05, 4.69) is 53.7 Å². The fourth-order valence-corrected chi connectivity index (χ4v) is 9.99. The normalized spacial score (nSPS) is 13.4. The van der Waals surface area contributed by atoms with Crippen LogP contribution in [-0.4, -0.2) is 14.1 Å². The van der Waals surface area contributed by atoms with Gasteiger partial charge in [-0.25, -0.2) is 0 Å². The summed E-state index contributed by atoms with van der Waals surface area (Å²) < 4.78 is 7.02. The molecule has 3 heteroatoms. The van der Waals surface area contributed by atoms with Crippen LogP contribution in [-0.2, 0) is 4.43 Å². The van der Waals surface area contributed by atoms with Gasteiger partial charge in [-0.05, 0) is 22.2 Å². The molecule has 0 bridgehead atoms. The van der Waals surface area contributed by atoms with Crippen LogP contribution in [0, 0.1) is 0 Å². The summed E-state index contributed by atoms with van der Waals surface area (Å²) in [5.74, 6) is 0.142. The van der Waals surface area contributed by atoms with E-state index in [1.165, 1.54) is 0 Å². The Hall–Kier alpha value is -1.71. The van der Waals surface area contributed by atoms with Gasteiger partial charge in [0.15, 0.2) is 5.78 Å². The number of ketones is 1. The highest BCUT2D eigenvalue weighted by Crippen LogP contribution is 2.45. The molecule has 0 amide bonds. The monoisotopic (exact) mass is 382 g/mol. The van der Waals surface area contributed by atoms with E-state index >= 15 is 0 Å². The highest BCUT2D eigenvalue weighted by atomic mass is 28.4. The molecule has 0 spiro atoms. The van der Waals surface area contributed by atoms with Crippen molar-refractivity contribution < 1.29 is 9.22 Å². The van der Waals surface area contributed by atoms with Crippen LogP contribution in [0.3, 0.4) is 0 Å². The molecular weight excluding hydrogens is 348 g/mol. The van der Waals surface area contributed by atoms with Gasteiger partial charge in [0.05, 0.1) is 6.10 Å². The first-order chi connectivity index (χ1) is 12.8. The van der Waals surface area contributed by atoms with Crippen LogP contribution in [0.15, 0.2) is 60.7 Å². The molecule has 146 valence electrons. The molecule has 0 saturated carbocycles. The van der Waals surface area contributed by atoms with Gasteiger partial charge in [-0.2, -0.15) is 0 Å². The molecule has 0 aliphatic carbocycles. The van der Waals surface area contributed by atoms with E-state index in [0.717, 1.165) is 11.1 Å². The van der Waals surface area contributed by atoms with E-state index in [4.69, 9.17) is 4.43 Å². The third-order valence-corrected chi connectivity index (χ3v) is 11.8. The Morgan fingerprint density at radius 2 is 1.22 bits per heavy atom. The van der Waals surface area contributed by atoms with Crippen LogP contribution in [0.1, 0.15) is 70.0 Å². The predicted molar refractivity (Wildman–Crippen MR) is 117 cm³/mol. The van der Waals surface area contributed by atoms with Crippen molar-refractivity contribution in [2.24, 2.45) is 0 Å². The van der Waals surface area contributed by atoms with Crippen molar-refractivity contribution in [2.75, 3.05) is 0 Å². The number of hydrogen-bond acceptors (Lipinski definition) is 2. The molecule has 0 aromatic heterocycles. The Kier molecular flexibility index (Phi) is 7.57. The van der Waals surface area contributed by atoms with E-state index in [1.54, 1.807) is 0 Å². The van der Waals surface area contributed by atoms with Crippen molar-refractivity contribution in [3.8, 4) is 0 Å². The van der Waals surface area contributed by atoms with Gasteiger partial charge >= 0.3 is 0 Å². The molecule has 1 atom stereocenters. The van der Waals surface area contributed by atoms with Crippen LogP contribution < -0.4 is 0 Å². The SMILES string of the molecule is CC(C)[Si](OC(CC(=O)c1ccccc1)c1ccccc1)(C(C)C)C(C)C. The standard InChI is InChI=1S/C24H34O2Si/c1-18(2)27(19(3)4,20(5)6)26-24(22-15-11-8-12-16-22)17-23(25)21-13-9-7-10-14-21/h7-16,18-20,24H,17H2,1-6H3. The van der Waals surface area contributed by atoms with Gasteiger partial charge < -0.3 is 4.43 Å². The first-order valence-electron chi connectivity index (χ1n) is 10.1. The molecular formula is C24H34O2Si. The lowest BCUT2D eigenvalue weighted by Gasteiger charge is -2.44. The van der Waals surface area contributed by atoms with Crippen LogP contribution in [0.5, 0.6) is 0 Å². The van der Waals surface area contributed by atoms with E-state index in [0.29, 0.717) is 23.0 Å². The number of rotatable bonds is 9. The largest absolute Gasteiger partial charge is 0.409 e. The zero-order valence-corrected chi connectivity index (χ0v) is 18.6. The minimum Gasteiger partial charge on any atom is -0.409 e. The number of carbonyl (C=O) groups is 1. The molecule has 2 aromatic rings. The van der Waals surface area contributed by atoms with E-state index in [9.17, 15) is 4.79 Å². The maximum atomic E-state index is 13.0. The molecule has 27 heavy (non-hydrogen) atoms. The van der Waals surface area contributed by atoms with Gasteiger partial charge in [-0.1, -0.05) is 102 Å². The maximum absolute atomic E-state index is 13.0. The highest BCUT2D eigenvalue weighted by molar-refractivity contribution is 6.77. The molecule has 0 saturated heterocycles. The molecule has 0 radical (unpaired) electrons. The Labute approximate surface area is 166 Å². The number of benzene rings is 2. The lowest BCUT2D eigenvalue weighted by molar-refractivity contribution is 0.0885. The molecule has 2 aromatic carbocycles. The fraction of sp³-hybridized carbons (Fsp3) is 0.458. The van der Waals surface area contributed by atoms with Crippen molar-refractivity contribution in [2.45, 2.75) is 70.7 Å². The number of carbonyl (C=O) groups excluding carboxylic acids is 1. The second kappa shape index (κ2) is 9.47. The summed E-state index contributed by atoms with van der Waals surface area (Å²) in [5.41, 5.74) is 3.30. The highest BCUT2D eigenvalue weighted by Gasteiger charge is 2.47. The van der Waals surface area contributed by atoms with Gasteiger partial charge in [-0.3, -0.25) is 4.79 Å². The summed E-state index contributed by atoms with van der Waals surface area (Å²) in [5, 5.41) is 0. The predicted octanol–water partition coefficient (Wildman–Crippen LogP) is 7.19. The molecule has 2 nitrogen and oxygen atoms in total. The average molecular weight is 383 g/mol. The second-order valence-electron chi connectivity index (χ2n) is 8.33. The van der Waals surface area contributed by atoms with Crippen molar-refractivity contribution >= 4 is 14.1 Å². The quantitative estimate of drug-likeness (QED) is 0.339. The third kappa shape index (κ3) is 4.97. The lowest BCUT2D eigenvalue weighted by Crippen LogP contribution is -2.48. The van der Waals surface area contributed by atoms with E-state index < -0.39 is 8.32 Å². The molecule has 0 aliphatic rings. The van der Waals surface area contributed by atoms with Crippen molar-refractivity contribution in [1.82, 2.24) is 0 Å². The van der Waals surface area contributed by atoms with Gasteiger partial charge in [0.25, 0.3) is 0 Å². The molecule has 0 aliphatic heterocycles. The zero-order valence-electron chi connectivity index (χ0n) is 17.6. The Bertz CT molecular complexity index is 686. The summed E-state index contributed by atoms with van der Waals surface area (Å²) in [6, 6.07) is 19.8. The minimum absolute atomic E-state index is 0.142. The lowest BCUT2D eigenvalue weighted by atomic mass is 10.0. The van der Waals surface area contributed by atoms with Crippen LogP contribution in [0.2, 0.25) is 16.6 Å². The summed E-state index contributed by atoms with van der Waals surface area (Å²) in [6.07, 6.45) is 0.187. The van der Waals surface area contributed by atoms with Gasteiger partial charge in [0.2, 0.25) is 8.32 Å². The smallest absolute Gasteiger partial charge is 0.201 e. The van der Waals surface area contributed by atoms with Crippen LogP contribution in [0.4, 0.5) is 0 Å².